The van der Waals surface area contributed by atoms with Crippen molar-refractivity contribution in [3.8, 4) is 16.9 Å². The van der Waals surface area contributed by atoms with Crippen LogP contribution in [0.3, 0.4) is 0 Å². The first-order valence-corrected chi connectivity index (χ1v) is 10.4. The van der Waals surface area contributed by atoms with Crippen LogP contribution in [-0.4, -0.2) is 65.6 Å². The molecule has 2 amide bonds. The molecule has 0 saturated heterocycles. The number of rotatable bonds is 8. The van der Waals surface area contributed by atoms with Gasteiger partial charge in [0.15, 0.2) is 0 Å². The molecular formula is C23H26F3N5O4. The van der Waals surface area contributed by atoms with Gasteiger partial charge >= 0.3 is 18.2 Å². The van der Waals surface area contributed by atoms with Crippen LogP contribution in [0.15, 0.2) is 60.9 Å². The van der Waals surface area contributed by atoms with E-state index in [1.54, 1.807) is 6.20 Å². The fraction of sp³-hybridized carbons (Fsp3) is 0.261. The van der Waals surface area contributed by atoms with Crippen molar-refractivity contribution in [2.24, 2.45) is 0 Å². The normalized spacial score (nSPS) is 10.8. The Hall–Kier alpha value is -4.06. The van der Waals surface area contributed by atoms with Gasteiger partial charge in [-0.15, -0.1) is 0 Å². The van der Waals surface area contributed by atoms with Crippen LogP contribution < -0.4 is 15.4 Å². The van der Waals surface area contributed by atoms with E-state index in [1.807, 2.05) is 73.7 Å². The van der Waals surface area contributed by atoms with Crippen LogP contribution in [0.1, 0.15) is 5.56 Å². The first kappa shape index (κ1) is 27.2. The van der Waals surface area contributed by atoms with Crippen molar-refractivity contribution < 1.29 is 32.6 Å². The van der Waals surface area contributed by atoms with Gasteiger partial charge in [-0.2, -0.15) is 18.3 Å². The Bertz CT molecular complexity index is 1070. The summed E-state index contributed by atoms with van der Waals surface area (Å²) in [5.74, 6) is -2.14. The van der Waals surface area contributed by atoms with Gasteiger partial charge in [0.1, 0.15) is 12.4 Å². The average Bonchev–Trinajstić information content (AvgIpc) is 3.34. The molecule has 4 N–H and O–H groups in total. The number of nitrogens with one attached hydrogen (secondary N) is 3. The number of alkyl halides is 3. The number of hydrogen-bond acceptors (Lipinski definition) is 5. The molecule has 35 heavy (non-hydrogen) atoms. The lowest BCUT2D eigenvalue weighted by atomic mass is 10.1. The van der Waals surface area contributed by atoms with Crippen LogP contribution in [0.25, 0.3) is 11.1 Å². The Labute approximate surface area is 199 Å². The van der Waals surface area contributed by atoms with Crippen LogP contribution in [0.2, 0.25) is 0 Å². The largest absolute Gasteiger partial charge is 0.490 e. The number of benzene rings is 2. The Morgan fingerprint density at radius 1 is 1.11 bits per heavy atom. The smallest absolute Gasteiger partial charge is 0.490 e. The predicted octanol–water partition coefficient (Wildman–Crippen LogP) is 3.97. The van der Waals surface area contributed by atoms with Crippen LogP contribution in [0, 0.1) is 0 Å². The standard InChI is InChI=1S/C21H25N5O2.C2HF3O2/c1-26(2)10-11-28-20-12-17(18-14-23-24-15-18)8-9-19(20)25-21(27)22-13-16-6-4-3-5-7-16;3-2(4,5)1(6)7/h3-9,12,14-15H,10-11,13H2,1-2H3,(H,23,24)(H2,22,25,27);(H,6,7). The number of aromatic amines is 1. The quantitative estimate of drug-likeness (QED) is 0.377. The number of amides is 2. The molecule has 1 heterocycles. The average molecular weight is 493 g/mol. The van der Waals surface area contributed by atoms with Gasteiger partial charge in [-0.25, -0.2) is 9.59 Å². The third-order valence-electron chi connectivity index (χ3n) is 4.40. The van der Waals surface area contributed by atoms with E-state index in [0.717, 1.165) is 23.2 Å². The lowest BCUT2D eigenvalue weighted by molar-refractivity contribution is -0.192. The van der Waals surface area contributed by atoms with Gasteiger partial charge < -0.3 is 25.4 Å². The summed E-state index contributed by atoms with van der Waals surface area (Å²) in [6.45, 7) is 1.74. The van der Waals surface area contributed by atoms with Crippen molar-refractivity contribution >= 4 is 17.7 Å². The second kappa shape index (κ2) is 13.0. The van der Waals surface area contributed by atoms with Gasteiger partial charge in [0, 0.05) is 24.8 Å². The molecule has 0 unspecified atom stereocenters. The molecule has 0 aliphatic carbocycles. The zero-order chi connectivity index (χ0) is 25.8. The summed E-state index contributed by atoms with van der Waals surface area (Å²) in [5, 5.41) is 19.7. The molecule has 188 valence electrons. The minimum absolute atomic E-state index is 0.280. The van der Waals surface area contributed by atoms with Crippen molar-refractivity contribution in [2.75, 3.05) is 32.6 Å². The molecular weight excluding hydrogens is 467 g/mol. The number of hydrogen-bond donors (Lipinski definition) is 4. The number of carboxylic acid groups (broad SMARTS) is 1. The first-order valence-electron chi connectivity index (χ1n) is 10.4. The van der Waals surface area contributed by atoms with E-state index in [1.165, 1.54) is 0 Å². The maximum absolute atomic E-state index is 12.3. The molecule has 3 rings (SSSR count). The number of ether oxygens (including phenoxy) is 1. The van der Waals surface area contributed by atoms with Crippen molar-refractivity contribution in [2.45, 2.75) is 12.7 Å². The lowest BCUT2D eigenvalue weighted by Crippen LogP contribution is -2.28. The van der Waals surface area contributed by atoms with Gasteiger partial charge in [0.05, 0.1) is 11.9 Å². The Morgan fingerprint density at radius 2 is 1.80 bits per heavy atom. The lowest BCUT2D eigenvalue weighted by Gasteiger charge is -2.16. The summed E-state index contributed by atoms with van der Waals surface area (Å²) in [6.07, 6.45) is -1.52. The summed E-state index contributed by atoms with van der Waals surface area (Å²) in [6, 6.07) is 15.2. The number of anilines is 1. The maximum Gasteiger partial charge on any atom is 0.490 e. The molecule has 0 spiro atoms. The third-order valence-corrected chi connectivity index (χ3v) is 4.40. The number of urea groups is 1. The Morgan fingerprint density at radius 3 is 2.37 bits per heavy atom. The molecule has 1 aromatic heterocycles. The van der Waals surface area contributed by atoms with E-state index in [2.05, 4.69) is 20.8 Å². The van der Waals surface area contributed by atoms with Gasteiger partial charge in [0.2, 0.25) is 0 Å². The number of carbonyl (C=O) groups excluding carboxylic acids is 1. The molecule has 0 aliphatic heterocycles. The molecule has 3 aromatic rings. The number of likely N-dealkylation sites (N-methyl/N-ethyl adjacent to an activating group) is 1. The fourth-order valence-electron chi connectivity index (χ4n) is 2.62. The van der Waals surface area contributed by atoms with E-state index >= 15 is 0 Å². The van der Waals surface area contributed by atoms with Crippen molar-refractivity contribution in [3.63, 3.8) is 0 Å². The Kier molecular flexibility index (Phi) is 10.1. The predicted molar refractivity (Wildman–Crippen MR) is 124 cm³/mol. The maximum atomic E-state index is 12.3. The molecule has 0 radical (unpaired) electrons. The van der Waals surface area contributed by atoms with Crippen LogP contribution >= 0.6 is 0 Å². The highest BCUT2D eigenvalue weighted by Gasteiger charge is 2.38. The van der Waals surface area contributed by atoms with E-state index < -0.39 is 12.1 Å². The second-order valence-corrected chi connectivity index (χ2v) is 7.45. The summed E-state index contributed by atoms with van der Waals surface area (Å²) < 4.78 is 37.7. The summed E-state index contributed by atoms with van der Waals surface area (Å²) >= 11 is 0. The number of carbonyl (C=O) groups is 2. The fourth-order valence-corrected chi connectivity index (χ4v) is 2.62. The van der Waals surface area contributed by atoms with E-state index in [9.17, 15) is 18.0 Å². The topological polar surface area (TPSA) is 120 Å². The van der Waals surface area contributed by atoms with Crippen LogP contribution in [0.4, 0.5) is 23.7 Å². The minimum atomic E-state index is -5.08. The highest BCUT2D eigenvalue weighted by molar-refractivity contribution is 5.91. The summed E-state index contributed by atoms with van der Waals surface area (Å²) in [7, 11) is 3.98. The summed E-state index contributed by atoms with van der Waals surface area (Å²) in [4.78, 5) is 23.3. The van der Waals surface area contributed by atoms with Gasteiger partial charge in [-0.05, 0) is 37.4 Å². The monoisotopic (exact) mass is 493 g/mol. The summed E-state index contributed by atoms with van der Waals surface area (Å²) in [5.41, 5.74) is 3.58. The number of H-pyrrole nitrogens is 1. The zero-order valence-corrected chi connectivity index (χ0v) is 19.1. The molecule has 2 aromatic carbocycles. The minimum Gasteiger partial charge on any atom is -0.490 e. The number of nitrogens with zero attached hydrogens (tertiary/aromatic N) is 2. The van der Waals surface area contributed by atoms with E-state index in [-0.39, 0.29) is 6.03 Å². The zero-order valence-electron chi connectivity index (χ0n) is 19.1. The van der Waals surface area contributed by atoms with Crippen LogP contribution in [0.5, 0.6) is 5.75 Å². The van der Waals surface area contributed by atoms with E-state index in [4.69, 9.17) is 14.6 Å². The van der Waals surface area contributed by atoms with E-state index in [0.29, 0.717) is 24.6 Å². The highest BCUT2D eigenvalue weighted by atomic mass is 19.4. The van der Waals surface area contributed by atoms with Gasteiger partial charge in [-0.3, -0.25) is 5.10 Å². The number of aliphatic carboxylic acids is 1. The molecule has 0 aliphatic rings. The third kappa shape index (κ3) is 9.76. The molecule has 9 nitrogen and oxygen atoms in total. The van der Waals surface area contributed by atoms with Gasteiger partial charge in [-0.1, -0.05) is 36.4 Å². The number of halogens is 3. The van der Waals surface area contributed by atoms with Crippen molar-refractivity contribution in [3.05, 3.63) is 66.5 Å². The van der Waals surface area contributed by atoms with Crippen LogP contribution in [-0.2, 0) is 11.3 Å². The SMILES string of the molecule is CN(C)CCOc1cc(-c2cn[nH]c2)ccc1NC(=O)NCc1ccccc1.O=C(O)C(F)(F)F. The number of carboxylic acids is 1. The number of aromatic nitrogens is 2. The Balaban J connectivity index is 0.000000540. The second-order valence-electron chi connectivity index (χ2n) is 7.45. The molecule has 12 heteroatoms. The highest BCUT2D eigenvalue weighted by Crippen LogP contribution is 2.30. The van der Waals surface area contributed by atoms with Gasteiger partial charge in [0.25, 0.3) is 0 Å². The van der Waals surface area contributed by atoms with Crippen molar-refractivity contribution in [1.29, 1.82) is 0 Å². The molecule has 0 atom stereocenters. The first-order chi connectivity index (χ1) is 16.6. The molecule has 0 bridgehead atoms. The van der Waals surface area contributed by atoms with Crippen molar-refractivity contribution in [1.82, 2.24) is 20.4 Å². The molecule has 0 fully saturated rings. The molecule has 0 saturated carbocycles.